The second kappa shape index (κ2) is 26.7. The van der Waals surface area contributed by atoms with Crippen LogP contribution in [0.1, 0.15) is 156 Å². The highest BCUT2D eigenvalue weighted by Crippen LogP contribution is 2.11. The molecular formula is C29H59NO2. The van der Waals surface area contributed by atoms with Gasteiger partial charge in [0.25, 0.3) is 0 Å². The first-order valence-corrected chi connectivity index (χ1v) is 14.6. The van der Waals surface area contributed by atoms with Gasteiger partial charge in [-0.25, -0.2) is 0 Å². The lowest BCUT2D eigenvalue weighted by Crippen LogP contribution is -2.33. The molecule has 0 rings (SSSR count). The number of rotatable bonds is 26. The maximum absolute atomic E-state index is 12.4. The normalized spacial score (nSPS) is 11.4. The Morgan fingerprint density at radius 2 is 0.844 bits per heavy atom. The monoisotopic (exact) mass is 453 g/mol. The van der Waals surface area contributed by atoms with Crippen LogP contribution in [-0.4, -0.2) is 37.1 Å². The highest BCUT2D eigenvalue weighted by Gasteiger charge is 2.11. The van der Waals surface area contributed by atoms with Crippen LogP contribution in [0.5, 0.6) is 0 Å². The molecule has 32 heavy (non-hydrogen) atoms. The van der Waals surface area contributed by atoms with Gasteiger partial charge >= 0.3 is 5.97 Å². The molecule has 0 amide bonds. The predicted octanol–water partition coefficient (Wildman–Crippen LogP) is 9.08. The Labute approximate surface area is 202 Å². The smallest absolute Gasteiger partial charge is 0.320 e. The number of carbonyl (C=O) groups is 1. The molecule has 3 nitrogen and oxygen atoms in total. The molecule has 0 radical (unpaired) electrons. The van der Waals surface area contributed by atoms with Crippen molar-refractivity contribution in [2.24, 2.45) is 0 Å². The lowest BCUT2D eigenvalue weighted by atomic mass is 10.1. The summed E-state index contributed by atoms with van der Waals surface area (Å²) in [5.41, 5.74) is 0. The number of hydrogen-bond donors (Lipinski definition) is 0. The fourth-order valence-electron chi connectivity index (χ4n) is 4.33. The molecule has 0 unspecified atom stereocenters. The van der Waals surface area contributed by atoms with Crippen molar-refractivity contribution >= 4 is 5.97 Å². The molecular weight excluding hydrogens is 394 g/mol. The second-order valence-electron chi connectivity index (χ2n) is 9.86. The zero-order valence-corrected chi connectivity index (χ0v) is 22.4. The Balaban J connectivity index is 4.00. The molecule has 0 bridgehead atoms. The highest BCUT2D eigenvalue weighted by atomic mass is 16.5. The minimum atomic E-state index is -0.0122. The van der Waals surface area contributed by atoms with Gasteiger partial charge < -0.3 is 4.74 Å². The number of esters is 1. The van der Waals surface area contributed by atoms with E-state index in [0.717, 1.165) is 19.5 Å². The van der Waals surface area contributed by atoms with Crippen LogP contribution < -0.4 is 0 Å². The van der Waals surface area contributed by atoms with Crippen molar-refractivity contribution in [1.29, 1.82) is 0 Å². The maximum atomic E-state index is 12.4. The summed E-state index contributed by atoms with van der Waals surface area (Å²) in [7, 11) is 0. The molecule has 0 aromatic carbocycles. The number of carbonyl (C=O) groups excluding carboxylic acids is 1. The Morgan fingerprint density at radius 3 is 1.25 bits per heavy atom. The molecule has 0 aromatic rings. The molecule has 192 valence electrons. The van der Waals surface area contributed by atoms with Crippen molar-refractivity contribution < 1.29 is 9.53 Å². The summed E-state index contributed by atoms with van der Waals surface area (Å²) in [5, 5.41) is 0. The minimum absolute atomic E-state index is 0.0122. The lowest BCUT2D eigenvalue weighted by Gasteiger charge is -2.21. The quantitative estimate of drug-likeness (QED) is 0.0965. The number of ether oxygens (including phenoxy) is 1. The van der Waals surface area contributed by atoms with Crippen molar-refractivity contribution in [2.75, 3.05) is 26.2 Å². The summed E-state index contributed by atoms with van der Waals surface area (Å²) < 4.78 is 5.56. The summed E-state index contributed by atoms with van der Waals surface area (Å²) in [6.07, 6.45) is 27.4. The Morgan fingerprint density at radius 1 is 0.500 bits per heavy atom. The summed E-state index contributed by atoms with van der Waals surface area (Å²) in [6, 6.07) is 0. The van der Waals surface area contributed by atoms with E-state index in [1.807, 2.05) is 0 Å². The van der Waals surface area contributed by atoms with E-state index in [1.165, 1.54) is 128 Å². The van der Waals surface area contributed by atoms with Gasteiger partial charge in [0.05, 0.1) is 13.2 Å². The van der Waals surface area contributed by atoms with E-state index in [1.54, 1.807) is 0 Å². The highest BCUT2D eigenvalue weighted by molar-refractivity contribution is 5.71. The van der Waals surface area contributed by atoms with E-state index in [-0.39, 0.29) is 5.97 Å². The summed E-state index contributed by atoms with van der Waals surface area (Å²) in [4.78, 5) is 14.7. The number of hydrogen-bond acceptors (Lipinski definition) is 3. The van der Waals surface area contributed by atoms with Crippen molar-refractivity contribution in [2.45, 2.75) is 156 Å². The van der Waals surface area contributed by atoms with Gasteiger partial charge in [0, 0.05) is 0 Å². The third-order valence-corrected chi connectivity index (χ3v) is 6.52. The van der Waals surface area contributed by atoms with Crippen LogP contribution in [0.3, 0.4) is 0 Å². The molecule has 0 N–H and O–H groups in total. The second-order valence-corrected chi connectivity index (χ2v) is 9.86. The van der Waals surface area contributed by atoms with Gasteiger partial charge in [0.15, 0.2) is 0 Å². The maximum Gasteiger partial charge on any atom is 0.320 e. The first-order valence-electron chi connectivity index (χ1n) is 14.6. The Hall–Kier alpha value is -0.570. The van der Waals surface area contributed by atoms with Gasteiger partial charge in [-0.15, -0.1) is 0 Å². The topological polar surface area (TPSA) is 29.5 Å². The zero-order valence-electron chi connectivity index (χ0n) is 22.4. The van der Waals surface area contributed by atoms with Crippen LogP contribution in [0, 0.1) is 0 Å². The fourth-order valence-corrected chi connectivity index (χ4v) is 4.33. The largest absolute Gasteiger partial charge is 0.465 e. The summed E-state index contributed by atoms with van der Waals surface area (Å²) in [5.74, 6) is -0.0122. The van der Waals surface area contributed by atoms with Crippen molar-refractivity contribution in [3.05, 3.63) is 0 Å². The molecule has 0 fully saturated rings. The molecule has 0 aliphatic carbocycles. The molecule has 0 saturated heterocycles. The van der Waals surface area contributed by atoms with Crippen molar-refractivity contribution in [1.82, 2.24) is 4.90 Å². The van der Waals surface area contributed by atoms with Crippen LogP contribution in [0.25, 0.3) is 0 Å². The SMILES string of the molecule is CCCCCCCCCOC(=O)CN(CCCCCCCCC)CCCCCCCCC. The molecule has 0 heterocycles. The number of unbranched alkanes of at least 4 members (excludes halogenated alkanes) is 18. The van der Waals surface area contributed by atoms with E-state index in [2.05, 4.69) is 25.7 Å². The molecule has 0 aromatic heterocycles. The predicted molar refractivity (Wildman–Crippen MR) is 141 cm³/mol. The third-order valence-electron chi connectivity index (χ3n) is 6.52. The molecule has 0 spiro atoms. The van der Waals surface area contributed by atoms with Crippen molar-refractivity contribution in [3.63, 3.8) is 0 Å². The van der Waals surface area contributed by atoms with Crippen LogP contribution in [0.4, 0.5) is 0 Å². The van der Waals surface area contributed by atoms with Gasteiger partial charge in [-0.3, -0.25) is 9.69 Å². The van der Waals surface area contributed by atoms with Gasteiger partial charge in [0.2, 0.25) is 0 Å². The molecule has 3 heteroatoms. The van der Waals surface area contributed by atoms with Crippen LogP contribution in [0.2, 0.25) is 0 Å². The lowest BCUT2D eigenvalue weighted by molar-refractivity contribution is -0.145. The van der Waals surface area contributed by atoms with Crippen LogP contribution in [-0.2, 0) is 9.53 Å². The van der Waals surface area contributed by atoms with Crippen LogP contribution >= 0.6 is 0 Å². The Kier molecular flexibility index (Phi) is 26.2. The zero-order chi connectivity index (χ0) is 23.5. The van der Waals surface area contributed by atoms with E-state index >= 15 is 0 Å². The van der Waals surface area contributed by atoms with Gasteiger partial charge in [0.1, 0.15) is 0 Å². The molecule has 0 aliphatic heterocycles. The molecule has 0 aliphatic rings. The minimum Gasteiger partial charge on any atom is -0.465 e. The van der Waals surface area contributed by atoms with E-state index in [4.69, 9.17) is 4.74 Å². The fraction of sp³-hybridized carbons (Fsp3) is 0.966. The van der Waals surface area contributed by atoms with E-state index in [0.29, 0.717) is 13.2 Å². The number of nitrogens with zero attached hydrogens (tertiary/aromatic N) is 1. The van der Waals surface area contributed by atoms with Gasteiger partial charge in [-0.2, -0.15) is 0 Å². The van der Waals surface area contributed by atoms with Gasteiger partial charge in [-0.05, 0) is 32.4 Å². The first-order chi connectivity index (χ1) is 15.7. The third kappa shape index (κ3) is 24.1. The summed E-state index contributed by atoms with van der Waals surface area (Å²) >= 11 is 0. The van der Waals surface area contributed by atoms with Crippen molar-refractivity contribution in [3.8, 4) is 0 Å². The summed E-state index contributed by atoms with van der Waals surface area (Å²) in [6.45, 7) is 10.00. The van der Waals surface area contributed by atoms with Gasteiger partial charge in [-0.1, -0.05) is 136 Å². The molecule has 0 atom stereocenters. The average molecular weight is 454 g/mol. The van der Waals surface area contributed by atoms with Crippen LogP contribution in [0.15, 0.2) is 0 Å². The van der Waals surface area contributed by atoms with E-state index in [9.17, 15) is 4.79 Å². The molecule has 0 saturated carbocycles. The first kappa shape index (κ1) is 31.4. The average Bonchev–Trinajstić information content (AvgIpc) is 2.79. The Bertz CT molecular complexity index is 354. The van der Waals surface area contributed by atoms with E-state index < -0.39 is 0 Å². The standard InChI is InChI=1S/C29H59NO2/c1-4-7-10-13-16-19-22-25-30(26-23-20-17-14-11-8-5-2)28-29(31)32-27-24-21-18-15-12-9-6-3/h4-28H2,1-3H3.